The van der Waals surface area contributed by atoms with Gasteiger partial charge in [0.1, 0.15) is 17.9 Å². The van der Waals surface area contributed by atoms with Gasteiger partial charge in [-0.15, -0.1) is 0 Å². The van der Waals surface area contributed by atoms with Crippen LogP contribution >= 0.6 is 0 Å². The van der Waals surface area contributed by atoms with Gasteiger partial charge in [0, 0.05) is 18.8 Å². The van der Waals surface area contributed by atoms with E-state index in [0.29, 0.717) is 24.5 Å². The minimum Gasteiger partial charge on any atom is -0.457 e. The average Bonchev–Trinajstić information content (AvgIpc) is 2.64. The van der Waals surface area contributed by atoms with Crippen molar-refractivity contribution in [2.45, 2.75) is 33.1 Å². The van der Waals surface area contributed by atoms with E-state index in [0.717, 1.165) is 18.6 Å². The molecule has 2 aromatic rings. The second kappa shape index (κ2) is 10.2. The molecule has 0 unspecified atom stereocenters. The molecule has 0 aromatic heterocycles. The van der Waals surface area contributed by atoms with Crippen LogP contribution in [0.4, 0.5) is 5.69 Å². The van der Waals surface area contributed by atoms with Crippen molar-refractivity contribution in [3.05, 3.63) is 54.6 Å². The molecule has 1 N–H and O–H groups in total. The summed E-state index contributed by atoms with van der Waals surface area (Å²) >= 11 is 0. The maximum atomic E-state index is 12.2. The molecule has 0 aliphatic rings. The molecular weight excluding hydrogens is 328 g/mol. The summed E-state index contributed by atoms with van der Waals surface area (Å²) in [6, 6.07) is 16.6. The van der Waals surface area contributed by atoms with Crippen LogP contribution in [0.1, 0.15) is 33.1 Å². The summed E-state index contributed by atoms with van der Waals surface area (Å²) in [6.45, 7) is 5.42. The van der Waals surface area contributed by atoms with Gasteiger partial charge in [0.25, 0.3) is 0 Å². The molecule has 0 spiro atoms. The number of benzene rings is 2. The number of nitrogens with zero attached hydrogens (tertiary/aromatic N) is 1. The van der Waals surface area contributed by atoms with Gasteiger partial charge in [-0.25, -0.2) is 0 Å². The highest BCUT2D eigenvalue weighted by atomic mass is 16.5. The summed E-state index contributed by atoms with van der Waals surface area (Å²) in [5, 5.41) is 2.76. The predicted octanol–water partition coefficient (Wildman–Crippen LogP) is 4.46. The van der Waals surface area contributed by atoms with Crippen molar-refractivity contribution < 1.29 is 14.3 Å². The SMILES string of the molecule is CCCN(CCC)C(=O)CC(=O)Nc1ccc(Oc2ccccc2)cc1. The summed E-state index contributed by atoms with van der Waals surface area (Å²) in [4.78, 5) is 26.1. The van der Waals surface area contributed by atoms with E-state index >= 15 is 0 Å². The van der Waals surface area contributed by atoms with E-state index in [1.54, 1.807) is 29.2 Å². The zero-order valence-corrected chi connectivity index (χ0v) is 15.4. The molecule has 0 saturated heterocycles. The number of amides is 2. The second-order valence-electron chi connectivity index (χ2n) is 6.05. The maximum Gasteiger partial charge on any atom is 0.233 e. The number of para-hydroxylation sites is 1. The van der Waals surface area contributed by atoms with E-state index in [-0.39, 0.29) is 18.2 Å². The molecule has 0 fully saturated rings. The molecule has 0 atom stereocenters. The molecule has 0 aliphatic heterocycles. The predicted molar refractivity (Wildman–Crippen MR) is 103 cm³/mol. The molecule has 138 valence electrons. The van der Waals surface area contributed by atoms with Crippen LogP contribution in [0, 0.1) is 0 Å². The van der Waals surface area contributed by atoms with Gasteiger partial charge >= 0.3 is 0 Å². The zero-order chi connectivity index (χ0) is 18.8. The minimum atomic E-state index is -0.302. The van der Waals surface area contributed by atoms with E-state index in [1.165, 1.54) is 0 Å². The molecule has 0 radical (unpaired) electrons. The first-order valence-electron chi connectivity index (χ1n) is 9.03. The minimum absolute atomic E-state index is 0.129. The fourth-order valence-corrected chi connectivity index (χ4v) is 2.59. The summed E-state index contributed by atoms with van der Waals surface area (Å²) in [5.41, 5.74) is 0.640. The Morgan fingerprint density at radius 2 is 1.46 bits per heavy atom. The molecule has 5 heteroatoms. The number of ether oxygens (including phenoxy) is 1. The van der Waals surface area contributed by atoms with Crippen molar-refractivity contribution in [2.24, 2.45) is 0 Å². The van der Waals surface area contributed by atoms with Crippen LogP contribution in [-0.4, -0.2) is 29.8 Å². The third-order valence-corrected chi connectivity index (χ3v) is 3.77. The normalized spacial score (nSPS) is 10.2. The van der Waals surface area contributed by atoms with Gasteiger partial charge in [-0.3, -0.25) is 9.59 Å². The molecule has 0 bridgehead atoms. The highest BCUT2D eigenvalue weighted by molar-refractivity contribution is 6.03. The third kappa shape index (κ3) is 6.24. The van der Waals surface area contributed by atoms with Crippen LogP contribution in [0.5, 0.6) is 11.5 Å². The zero-order valence-electron chi connectivity index (χ0n) is 15.4. The van der Waals surface area contributed by atoms with E-state index in [1.807, 2.05) is 44.2 Å². The average molecular weight is 354 g/mol. The molecule has 0 heterocycles. The first-order chi connectivity index (χ1) is 12.6. The number of hydrogen-bond acceptors (Lipinski definition) is 3. The Labute approximate surface area is 155 Å². The van der Waals surface area contributed by atoms with Gasteiger partial charge in [-0.1, -0.05) is 32.0 Å². The molecule has 26 heavy (non-hydrogen) atoms. The molecule has 0 saturated carbocycles. The molecule has 0 aliphatic carbocycles. The number of hydrogen-bond donors (Lipinski definition) is 1. The summed E-state index contributed by atoms with van der Waals surface area (Å²) in [6.07, 6.45) is 1.63. The monoisotopic (exact) mass is 354 g/mol. The van der Waals surface area contributed by atoms with Crippen LogP contribution in [0.25, 0.3) is 0 Å². The first kappa shape index (κ1) is 19.5. The standard InChI is InChI=1S/C21H26N2O3/c1-3-14-23(15-4-2)21(25)16-20(24)22-17-10-12-19(13-11-17)26-18-8-6-5-7-9-18/h5-13H,3-4,14-16H2,1-2H3,(H,22,24). The lowest BCUT2D eigenvalue weighted by atomic mass is 10.2. The van der Waals surface area contributed by atoms with Crippen LogP contribution in [-0.2, 0) is 9.59 Å². The van der Waals surface area contributed by atoms with Crippen LogP contribution in [0.3, 0.4) is 0 Å². The van der Waals surface area contributed by atoms with Crippen LogP contribution < -0.4 is 10.1 Å². The van der Waals surface area contributed by atoms with Gasteiger partial charge in [0.15, 0.2) is 0 Å². The molecule has 5 nitrogen and oxygen atoms in total. The van der Waals surface area contributed by atoms with Gasteiger partial charge < -0.3 is 15.0 Å². The van der Waals surface area contributed by atoms with Crippen LogP contribution in [0.2, 0.25) is 0 Å². The smallest absolute Gasteiger partial charge is 0.233 e. The van der Waals surface area contributed by atoms with E-state index < -0.39 is 0 Å². The van der Waals surface area contributed by atoms with E-state index in [9.17, 15) is 9.59 Å². The first-order valence-corrected chi connectivity index (χ1v) is 9.03. The van der Waals surface area contributed by atoms with E-state index in [4.69, 9.17) is 4.74 Å². The van der Waals surface area contributed by atoms with Crippen molar-refractivity contribution in [1.29, 1.82) is 0 Å². The number of nitrogens with one attached hydrogen (secondary N) is 1. The Bertz CT molecular complexity index is 693. The third-order valence-electron chi connectivity index (χ3n) is 3.77. The van der Waals surface area contributed by atoms with Crippen molar-refractivity contribution in [2.75, 3.05) is 18.4 Å². The lowest BCUT2D eigenvalue weighted by molar-refractivity contribution is -0.134. The highest BCUT2D eigenvalue weighted by Gasteiger charge is 2.16. The van der Waals surface area contributed by atoms with Crippen molar-refractivity contribution >= 4 is 17.5 Å². The number of anilines is 1. The number of rotatable bonds is 9. The maximum absolute atomic E-state index is 12.2. The number of carbonyl (C=O) groups is 2. The Kier molecular flexibility index (Phi) is 7.68. The van der Waals surface area contributed by atoms with Gasteiger partial charge in [0.05, 0.1) is 0 Å². The Morgan fingerprint density at radius 1 is 0.885 bits per heavy atom. The lowest BCUT2D eigenvalue weighted by Crippen LogP contribution is -2.35. The largest absolute Gasteiger partial charge is 0.457 e. The van der Waals surface area contributed by atoms with Crippen LogP contribution in [0.15, 0.2) is 54.6 Å². The molecule has 2 aromatic carbocycles. The van der Waals surface area contributed by atoms with Gasteiger partial charge in [0.2, 0.25) is 11.8 Å². The highest BCUT2D eigenvalue weighted by Crippen LogP contribution is 2.22. The fourth-order valence-electron chi connectivity index (χ4n) is 2.59. The Morgan fingerprint density at radius 3 is 2.04 bits per heavy atom. The molecule has 2 amide bonds. The quantitative estimate of drug-likeness (QED) is 0.677. The summed E-state index contributed by atoms with van der Waals surface area (Å²) in [7, 11) is 0. The van der Waals surface area contributed by atoms with Crippen molar-refractivity contribution in [1.82, 2.24) is 4.90 Å². The van der Waals surface area contributed by atoms with Gasteiger partial charge in [-0.05, 0) is 49.2 Å². The molecule has 2 rings (SSSR count). The Balaban J connectivity index is 1.87. The Hall–Kier alpha value is -2.82. The second-order valence-corrected chi connectivity index (χ2v) is 6.05. The fraction of sp³-hybridized carbons (Fsp3) is 0.333. The molecular formula is C21H26N2O3. The summed E-state index contributed by atoms with van der Waals surface area (Å²) < 4.78 is 5.71. The van der Waals surface area contributed by atoms with E-state index in [2.05, 4.69) is 5.32 Å². The topological polar surface area (TPSA) is 58.6 Å². The van der Waals surface area contributed by atoms with Crippen molar-refractivity contribution in [3.63, 3.8) is 0 Å². The van der Waals surface area contributed by atoms with Crippen molar-refractivity contribution in [3.8, 4) is 11.5 Å². The lowest BCUT2D eigenvalue weighted by Gasteiger charge is -2.21. The summed E-state index contributed by atoms with van der Waals surface area (Å²) in [5.74, 6) is 1.00. The number of carbonyl (C=O) groups excluding carboxylic acids is 2. The van der Waals surface area contributed by atoms with Gasteiger partial charge in [-0.2, -0.15) is 0 Å².